The van der Waals surface area contributed by atoms with Crippen molar-refractivity contribution < 1.29 is 28.2 Å². The fraction of sp³-hybridized carbons (Fsp3) is 0.286. The Kier molecular flexibility index (Phi) is 8.76. The number of hydrogen-bond acceptors (Lipinski definition) is 9. The molecule has 2 aliphatic rings. The van der Waals surface area contributed by atoms with Crippen molar-refractivity contribution in [2.24, 2.45) is 5.73 Å². The van der Waals surface area contributed by atoms with Gasteiger partial charge in [-0.05, 0) is 75.1 Å². The molecule has 2 heterocycles. The third-order valence-electron chi connectivity index (χ3n) is 8.35. The van der Waals surface area contributed by atoms with E-state index in [9.17, 15) is 9.59 Å². The number of fused-ring (bicyclic) bond motifs is 1. The SMILES string of the molecule is CC1=C(C(=O)Nc2ccc(Oc3ccnc4cc(OCCCC5(OC(=O)CN)CC5)ccc34)c(F)c2)CN(c2ccccc2)N1C. The molecule has 0 saturated heterocycles. The van der Waals surface area contributed by atoms with Gasteiger partial charge in [-0.1, -0.05) is 18.2 Å². The van der Waals surface area contributed by atoms with E-state index in [4.69, 9.17) is 19.9 Å². The molecule has 1 fully saturated rings. The summed E-state index contributed by atoms with van der Waals surface area (Å²) in [6, 6.07) is 21.2. The lowest BCUT2D eigenvalue weighted by Gasteiger charge is -2.29. The molecule has 0 atom stereocenters. The Balaban J connectivity index is 1.06. The van der Waals surface area contributed by atoms with Crippen LogP contribution in [0.15, 0.2) is 90.3 Å². The molecule has 1 amide bonds. The van der Waals surface area contributed by atoms with Crippen molar-refractivity contribution >= 4 is 34.2 Å². The Morgan fingerprint density at radius 2 is 1.85 bits per heavy atom. The molecule has 1 aromatic heterocycles. The molecule has 3 N–H and O–H groups in total. The van der Waals surface area contributed by atoms with E-state index >= 15 is 4.39 Å². The van der Waals surface area contributed by atoms with Gasteiger partial charge in [-0.25, -0.2) is 4.39 Å². The number of ether oxygens (including phenoxy) is 3. The lowest BCUT2D eigenvalue weighted by Crippen LogP contribution is -2.34. The van der Waals surface area contributed by atoms with E-state index in [0.717, 1.165) is 37.1 Å². The molecule has 6 rings (SSSR count). The number of nitrogens with one attached hydrogen (secondary N) is 1. The standard InChI is InChI=1S/C35H36FN5O5/c1-23-28(22-41(40(23)2)25-7-4-3-5-8-25)34(43)39-24-9-12-32(29(36)19-24)45-31-13-17-38-30-20-26(10-11-27(30)31)44-18-6-14-35(15-16-35)46-33(42)21-37/h3-5,7-13,17,19-20H,6,14-16,18,21-22,37H2,1-2H3,(H,39,43). The molecule has 1 aliphatic heterocycles. The number of carbonyl (C=O) groups excluding carboxylic acids is 2. The molecule has 11 heteroatoms. The Hall–Kier alpha value is -5.16. The summed E-state index contributed by atoms with van der Waals surface area (Å²) >= 11 is 0. The summed E-state index contributed by atoms with van der Waals surface area (Å²) in [7, 11) is 1.90. The molecule has 46 heavy (non-hydrogen) atoms. The number of hydrazine groups is 1. The topological polar surface area (TPSA) is 119 Å². The molecule has 1 saturated carbocycles. The number of allylic oxidation sites excluding steroid dienone is 1. The predicted octanol–water partition coefficient (Wildman–Crippen LogP) is 5.94. The molecule has 1 aliphatic carbocycles. The lowest BCUT2D eigenvalue weighted by atomic mass is 10.1. The minimum Gasteiger partial charge on any atom is -0.494 e. The number of carbonyl (C=O) groups is 2. The third-order valence-corrected chi connectivity index (χ3v) is 8.35. The molecule has 10 nitrogen and oxygen atoms in total. The molecule has 238 valence electrons. The van der Waals surface area contributed by atoms with Gasteiger partial charge in [0.25, 0.3) is 5.91 Å². The normalized spacial score (nSPS) is 15.2. The summed E-state index contributed by atoms with van der Waals surface area (Å²) in [4.78, 5) is 29.1. The number of nitrogens with zero attached hydrogens (tertiary/aromatic N) is 3. The second-order valence-corrected chi connectivity index (χ2v) is 11.5. The van der Waals surface area contributed by atoms with Gasteiger partial charge in [0.2, 0.25) is 0 Å². The van der Waals surface area contributed by atoms with Gasteiger partial charge in [-0.3, -0.25) is 24.6 Å². The van der Waals surface area contributed by atoms with Crippen molar-refractivity contribution in [3.05, 3.63) is 96.1 Å². The number of rotatable bonds is 12. The Bertz CT molecular complexity index is 1790. The van der Waals surface area contributed by atoms with E-state index in [0.29, 0.717) is 46.8 Å². The highest BCUT2D eigenvalue weighted by Crippen LogP contribution is 2.43. The second kappa shape index (κ2) is 13.1. The Morgan fingerprint density at radius 1 is 1.04 bits per heavy atom. The molecular formula is C35H36FN5O5. The van der Waals surface area contributed by atoms with Gasteiger partial charge in [0.1, 0.15) is 17.1 Å². The van der Waals surface area contributed by atoms with Crippen molar-refractivity contribution in [2.75, 3.05) is 37.1 Å². The number of anilines is 2. The Morgan fingerprint density at radius 3 is 2.59 bits per heavy atom. The molecule has 3 aromatic carbocycles. The second-order valence-electron chi connectivity index (χ2n) is 11.5. The number of para-hydroxylation sites is 1. The van der Waals surface area contributed by atoms with Crippen LogP contribution in [0.1, 0.15) is 32.6 Å². The van der Waals surface area contributed by atoms with E-state index in [1.807, 2.05) is 66.5 Å². The van der Waals surface area contributed by atoms with Gasteiger partial charge in [0, 0.05) is 42.1 Å². The van der Waals surface area contributed by atoms with Crippen LogP contribution in [-0.2, 0) is 14.3 Å². The predicted molar refractivity (Wildman–Crippen MR) is 173 cm³/mol. The highest BCUT2D eigenvalue weighted by molar-refractivity contribution is 6.05. The quantitative estimate of drug-likeness (QED) is 0.146. The molecule has 4 aromatic rings. The van der Waals surface area contributed by atoms with Crippen LogP contribution in [-0.4, -0.2) is 54.2 Å². The van der Waals surface area contributed by atoms with Crippen LogP contribution in [0.3, 0.4) is 0 Å². The number of amides is 1. The highest BCUT2D eigenvalue weighted by Gasteiger charge is 2.45. The van der Waals surface area contributed by atoms with Gasteiger partial charge >= 0.3 is 5.97 Å². The zero-order chi connectivity index (χ0) is 32.3. The first-order valence-corrected chi connectivity index (χ1v) is 15.2. The third kappa shape index (κ3) is 6.74. The van der Waals surface area contributed by atoms with Crippen molar-refractivity contribution in [2.45, 2.75) is 38.2 Å². The monoisotopic (exact) mass is 625 g/mol. The average molecular weight is 626 g/mol. The smallest absolute Gasteiger partial charge is 0.320 e. The fourth-order valence-corrected chi connectivity index (χ4v) is 5.52. The number of aromatic nitrogens is 1. The molecular weight excluding hydrogens is 589 g/mol. The van der Waals surface area contributed by atoms with Gasteiger partial charge in [-0.2, -0.15) is 0 Å². The maximum absolute atomic E-state index is 15.2. The first-order valence-electron chi connectivity index (χ1n) is 15.2. The van der Waals surface area contributed by atoms with E-state index in [2.05, 4.69) is 10.3 Å². The van der Waals surface area contributed by atoms with Crippen LogP contribution in [0.4, 0.5) is 15.8 Å². The van der Waals surface area contributed by atoms with Crippen molar-refractivity contribution in [1.82, 2.24) is 9.99 Å². The zero-order valence-corrected chi connectivity index (χ0v) is 25.8. The summed E-state index contributed by atoms with van der Waals surface area (Å²) in [6.45, 7) is 2.63. The van der Waals surface area contributed by atoms with E-state index in [-0.39, 0.29) is 29.8 Å². The van der Waals surface area contributed by atoms with Gasteiger partial charge in [-0.15, -0.1) is 0 Å². The van der Waals surface area contributed by atoms with Crippen molar-refractivity contribution in [1.29, 1.82) is 0 Å². The number of pyridine rings is 1. The summed E-state index contributed by atoms with van der Waals surface area (Å²) in [5, 5.41) is 7.45. The maximum atomic E-state index is 15.2. The van der Waals surface area contributed by atoms with Gasteiger partial charge < -0.3 is 25.3 Å². The van der Waals surface area contributed by atoms with E-state index in [1.165, 1.54) is 12.1 Å². The van der Waals surface area contributed by atoms with Gasteiger partial charge in [0.05, 0.1) is 36.5 Å². The number of benzene rings is 3. The lowest BCUT2D eigenvalue weighted by molar-refractivity contribution is -0.149. The van der Waals surface area contributed by atoms with Crippen molar-refractivity contribution in [3.63, 3.8) is 0 Å². The fourth-order valence-electron chi connectivity index (χ4n) is 5.52. The molecule has 0 unspecified atom stereocenters. The zero-order valence-electron chi connectivity index (χ0n) is 25.8. The number of hydrogen-bond donors (Lipinski definition) is 2. The Labute approximate surface area is 266 Å². The molecule has 0 spiro atoms. The largest absolute Gasteiger partial charge is 0.494 e. The minimum atomic E-state index is -0.617. The average Bonchev–Trinajstić information content (AvgIpc) is 3.76. The van der Waals surface area contributed by atoms with E-state index in [1.54, 1.807) is 24.4 Å². The first kappa shape index (κ1) is 30.8. The summed E-state index contributed by atoms with van der Waals surface area (Å²) in [6.07, 6.45) is 4.73. The number of esters is 1. The summed E-state index contributed by atoms with van der Waals surface area (Å²) in [5.74, 6) is -0.208. The minimum absolute atomic E-state index is 0.0152. The van der Waals surface area contributed by atoms with Crippen LogP contribution in [0.25, 0.3) is 10.9 Å². The van der Waals surface area contributed by atoms with Crippen molar-refractivity contribution in [3.8, 4) is 17.2 Å². The number of nitrogens with two attached hydrogens (primary N) is 1. The summed E-state index contributed by atoms with van der Waals surface area (Å²) in [5.41, 5.74) is 8.31. The molecule has 0 radical (unpaired) electrons. The van der Waals surface area contributed by atoms with Crippen LogP contribution >= 0.6 is 0 Å². The van der Waals surface area contributed by atoms with Crippen LogP contribution in [0, 0.1) is 5.82 Å². The maximum Gasteiger partial charge on any atom is 0.320 e. The first-order chi connectivity index (χ1) is 22.2. The van der Waals surface area contributed by atoms with Crippen LogP contribution in [0.2, 0.25) is 0 Å². The van der Waals surface area contributed by atoms with Crippen LogP contribution in [0.5, 0.6) is 17.2 Å². The van der Waals surface area contributed by atoms with Crippen LogP contribution < -0.4 is 25.5 Å². The highest BCUT2D eigenvalue weighted by atomic mass is 19.1. The number of halogens is 1. The molecule has 0 bridgehead atoms. The van der Waals surface area contributed by atoms with E-state index < -0.39 is 5.82 Å². The van der Waals surface area contributed by atoms with Gasteiger partial charge in [0.15, 0.2) is 11.6 Å². The summed E-state index contributed by atoms with van der Waals surface area (Å²) < 4.78 is 32.6.